The molecule has 2 heterocycles. The Labute approximate surface area is 256 Å². The van der Waals surface area contributed by atoms with Crippen molar-refractivity contribution >= 4 is 12.0 Å². The van der Waals surface area contributed by atoms with E-state index < -0.39 is 30.3 Å². The Bertz CT molecular complexity index is 1560. The van der Waals surface area contributed by atoms with Crippen LogP contribution >= 0.6 is 0 Å². The second kappa shape index (κ2) is 14.2. The summed E-state index contributed by atoms with van der Waals surface area (Å²) < 4.78 is 28.3. The third-order valence-corrected chi connectivity index (χ3v) is 7.43. The summed E-state index contributed by atoms with van der Waals surface area (Å²) in [5, 5.41) is 11.3. The van der Waals surface area contributed by atoms with Gasteiger partial charge in [-0.3, -0.25) is 4.79 Å². The van der Waals surface area contributed by atoms with Gasteiger partial charge in [-0.05, 0) is 55.7 Å². The first-order valence-electron chi connectivity index (χ1n) is 14.6. The topological polar surface area (TPSA) is 121 Å². The van der Waals surface area contributed by atoms with Crippen LogP contribution in [0.15, 0.2) is 83.3 Å². The number of oxazole rings is 1. The van der Waals surface area contributed by atoms with Crippen LogP contribution in [-0.4, -0.2) is 66.1 Å². The Balaban J connectivity index is 1.26. The molecule has 10 nitrogen and oxygen atoms in total. The van der Waals surface area contributed by atoms with Gasteiger partial charge in [-0.25, -0.2) is 14.7 Å². The van der Waals surface area contributed by atoms with Crippen LogP contribution in [0.1, 0.15) is 35.6 Å². The number of cyclic esters (lactones) is 1. The van der Waals surface area contributed by atoms with Gasteiger partial charge >= 0.3 is 6.09 Å². The van der Waals surface area contributed by atoms with Crippen molar-refractivity contribution in [3.63, 3.8) is 0 Å². The lowest BCUT2D eigenvalue weighted by Gasteiger charge is -2.28. The molecule has 44 heavy (non-hydrogen) atoms. The zero-order valence-electron chi connectivity index (χ0n) is 25.0. The average molecular weight is 601 g/mol. The fourth-order valence-electron chi connectivity index (χ4n) is 5.17. The van der Waals surface area contributed by atoms with Gasteiger partial charge in [0.1, 0.15) is 18.5 Å². The molecule has 0 aliphatic carbocycles. The van der Waals surface area contributed by atoms with Gasteiger partial charge in [-0.15, -0.1) is 0 Å². The Kier molecular flexibility index (Phi) is 9.93. The first-order valence-corrected chi connectivity index (χ1v) is 14.6. The van der Waals surface area contributed by atoms with E-state index in [-0.39, 0.29) is 13.2 Å². The summed E-state index contributed by atoms with van der Waals surface area (Å²) in [6.45, 7) is 4.10. The van der Waals surface area contributed by atoms with E-state index in [4.69, 9.17) is 23.4 Å². The molecule has 1 N–H and O–H groups in total. The number of hydrogen-bond donors (Lipinski definition) is 1. The number of hydrogen-bond acceptors (Lipinski definition) is 9. The summed E-state index contributed by atoms with van der Waals surface area (Å²) in [6.07, 6.45) is -2.55. The van der Waals surface area contributed by atoms with E-state index in [1.807, 2.05) is 67.6 Å². The van der Waals surface area contributed by atoms with Crippen LogP contribution in [0.2, 0.25) is 0 Å². The van der Waals surface area contributed by atoms with E-state index in [9.17, 15) is 14.7 Å². The maximum Gasteiger partial charge on any atom is 0.417 e. The molecule has 10 heteroatoms. The van der Waals surface area contributed by atoms with Crippen molar-refractivity contribution in [2.75, 3.05) is 26.9 Å². The molecule has 0 spiro atoms. The molecule has 1 aromatic heterocycles. The number of benzene rings is 3. The number of carbonyl (C=O) groups excluding carboxylic acids is 2. The van der Waals surface area contributed by atoms with E-state index in [1.54, 1.807) is 25.1 Å². The highest BCUT2D eigenvalue weighted by Gasteiger charge is 2.43. The van der Waals surface area contributed by atoms with Crippen LogP contribution in [0.25, 0.3) is 11.5 Å². The van der Waals surface area contributed by atoms with Crippen molar-refractivity contribution in [3.05, 3.63) is 101 Å². The van der Waals surface area contributed by atoms with Gasteiger partial charge in [0.25, 0.3) is 5.91 Å². The Morgan fingerprint density at radius 3 is 2.50 bits per heavy atom. The summed E-state index contributed by atoms with van der Waals surface area (Å²) in [5.41, 5.74) is 3.01. The van der Waals surface area contributed by atoms with Crippen LogP contribution in [0.4, 0.5) is 4.79 Å². The van der Waals surface area contributed by atoms with Crippen molar-refractivity contribution in [2.45, 2.75) is 44.9 Å². The van der Waals surface area contributed by atoms with Gasteiger partial charge in [0.15, 0.2) is 17.6 Å². The van der Waals surface area contributed by atoms with Crippen LogP contribution in [-0.2, 0) is 27.1 Å². The Morgan fingerprint density at radius 1 is 1.07 bits per heavy atom. The molecule has 3 atom stereocenters. The second-order valence-electron chi connectivity index (χ2n) is 10.3. The predicted octanol–water partition coefficient (Wildman–Crippen LogP) is 5.31. The van der Waals surface area contributed by atoms with Crippen molar-refractivity contribution < 1.29 is 38.1 Å². The SMILES string of the molecule is CCO[C@H](C(=O)N1C(=O)OC[C@@H]1Cc1ccccc1)[C@H](O)c1ccc(OCCc2nc(-c3ccccc3)oc2C)c(OC)c1. The molecule has 4 aromatic rings. The van der Waals surface area contributed by atoms with Gasteiger partial charge in [0.2, 0.25) is 5.89 Å². The van der Waals surface area contributed by atoms with E-state index >= 15 is 0 Å². The molecule has 0 saturated carbocycles. The molecule has 3 aromatic carbocycles. The number of carbonyl (C=O) groups is 2. The van der Waals surface area contributed by atoms with E-state index in [0.29, 0.717) is 42.4 Å². The van der Waals surface area contributed by atoms with E-state index in [1.165, 1.54) is 7.11 Å². The van der Waals surface area contributed by atoms with Crippen LogP contribution in [0, 0.1) is 6.92 Å². The van der Waals surface area contributed by atoms with Gasteiger partial charge in [0, 0.05) is 18.6 Å². The van der Waals surface area contributed by atoms with E-state index in [0.717, 1.165) is 27.5 Å². The highest BCUT2D eigenvalue weighted by molar-refractivity contribution is 5.96. The lowest BCUT2D eigenvalue weighted by atomic mass is 10.0. The fraction of sp³-hybridized carbons (Fsp3) is 0.324. The molecule has 5 rings (SSSR count). The number of aliphatic hydroxyl groups is 1. The number of imide groups is 1. The molecule has 230 valence electrons. The molecule has 0 bridgehead atoms. The van der Waals surface area contributed by atoms with Gasteiger partial charge in [0.05, 0.1) is 25.5 Å². The minimum atomic E-state index is -1.38. The highest BCUT2D eigenvalue weighted by atomic mass is 16.6. The number of nitrogens with zero attached hydrogens (tertiary/aromatic N) is 2. The van der Waals surface area contributed by atoms with Crippen LogP contribution in [0.5, 0.6) is 11.5 Å². The predicted molar refractivity (Wildman–Crippen MR) is 161 cm³/mol. The number of rotatable bonds is 13. The molecule has 0 radical (unpaired) electrons. The molecular formula is C34H36N2O8. The number of aliphatic hydroxyl groups excluding tert-OH is 1. The maximum absolute atomic E-state index is 13.6. The summed E-state index contributed by atoms with van der Waals surface area (Å²) in [4.78, 5) is 31.9. The molecular weight excluding hydrogens is 564 g/mol. The molecule has 1 aliphatic heterocycles. The Morgan fingerprint density at radius 2 is 1.80 bits per heavy atom. The van der Waals surface area contributed by atoms with Crippen LogP contribution in [0.3, 0.4) is 0 Å². The molecule has 1 saturated heterocycles. The van der Waals surface area contributed by atoms with E-state index in [2.05, 4.69) is 4.98 Å². The smallest absolute Gasteiger partial charge is 0.417 e. The first-order chi connectivity index (χ1) is 21.4. The van der Waals surface area contributed by atoms with Crippen molar-refractivity contribution in [1.82, 2.24) is 9.88 Å². The van der Waals surface area contributed by atoms with Gasteiger partial charge < -0.3 is 28.5 Å². The number of ether oxygens (including phenoxy) is 4. The zero-order chi connectivity index (χ0) is 31.1. The van der Waals surface area contributed by atoms with Gasteiger partial charge in [-0.2, -0.15) is 0 Å². The second-order valence-corrected chi connectivity index (χ2v) is 10.3. The Hall–Kier alpha value is -4.67. The average Bonchev–Trinajstić information content (AvgIpc) is 3.61. The first kappa shape index (κ1) is 30.8. The normalized spacial score (nSPS) is 16.0. The zero-order valence-corrected chi connectivity index (χ0v) is 25.0. The fourth-order valence-corrected chi connectivity index (χ4v) is 5.17. The third-order valence-electron chi connectivity index (χ3n) is 7.43. The summed E-state index contributed by atoms with van der Waals surface area (Å²) in [6, 6.07) is 23.6. The van der Waals surface area contributed by atoms with Crippen LogP contribution < -0.4 is 9.47 Å². The minimum Gasteiger partial charge on any atom is -0.493 e. The van der Waals surface area contributed by atoms with Crippen molar-refractivity contribution in [2.24, 2.45) is 0 Å². The highest BCUT2D eigenvalue weighted by Crippen LogP contribution is 2.33. The number of aryl methyl sites for hydroxylation is 1. The molecule has 1 aliphatic rings. The summed E-state index contributed by atoms with van der Waals surface area (Å²) in [7, 11) is 1.49. The quantitative estimate of drug-likeness (QED) is 0.218. The molecule has 2 amide bonds. The summed E-state index contributed by atoms with van der Waals surface area (Å²) >= 11 is 0. The molecule has 0 unspecified atom stereocenters. The number of amides is 2. The molecule has 1 fully saturated rings. The maximum atomic E-state index is 13.6. The minimum absolute atomic E-state index is 0.0652. The monoisotopic (exact) mass is 600 g/mol. The lowest BCUT2D eigenvalue weighted by Crippen LogP contribution is -2.48. The number of methoxy groups -OCH3 is 1. The van der Waals surface area contributed by atoms with Crippen molar-refractivity contribution in [3.8, 4) is 23.0 Å². The largest absolute Gasteiger partial charge is 0.493 e. The third kappa shape index (κ3) is 6.93. The van der Waals surface area contributed by atoms with Gasteiger partial charge in [-0.1, -0.05) is 54.6 Å². The lowest BCUT2D eigenvalue weighted by molar-refractivity contribution is -0.149. The standard InChI is InChI=1S/C34H36N2O8/c1-4-41-31(33(38)36-26(21-43-34(36)39)19-23-11-7-5-8-12-23)30(37)25-15-16-28(29(20-25)40-3)42-18-17-27-22(2)44-32(35-27)24-13-9-6-10-14-24/h5-16,20,26,30-31,37H,4,17-19,21H2,1-3H3/t26-,30+,31-/m0/s1. The number of aromatic nitrogens is 1. The van der Waals surface area contributed by atoms with Crippen molar-refractivity contribution in [1.29, 1.82) is 0 Å². The summed E-state index contributed by atoms with van der Waals surface area (Å²) in [5.74, 6) is 1.44.